The third-order valence-corrected chi connectivity index (χ3v) is 5.54. The summed E-state index contributed by atoms with van der Waals surface area (Å²) in [6, 6.07) is 4.65. The lowest BCUT2D eigenvalue weighted by Crippen LogP contribution is -2.52. The lowest BCUT2D eigenvalue weighted by atomic mass is 9.97. The Bertz CT molecular complexity index is 840. The molecule has 1 heterocycles. The van der Waals surface area contributed by atoms with Crippen LogP contribution in [-0.2, 0) is 22.2 Å². The Kier molecular flexibility index (Phi) is 5.23. The Morgan fingerprint density at radius 1 is 1.19 bits per heavy atom. The number of aliphatic carboxylic acids is 1. The second-order valence-electron chi connectivity index (χ2n) is 6.54. The largest absolute Gasteiger partial charge is 0.480 e. The number of benzene rings is 1. The topological polar surface area (TPSA) is 79.3 Å². The summed E-state index contributed by atoms with van der Waals surface area (Å²) >= 11 is 1.22. The average Bonchev–Trinajstić information content (AvgIpc) is 3.24. The molecule has 1 fully saturated rings. The molecule has 1 amide bonds. The highest BCUT2D eigenvalue weighted by Crippen LogP contribution is 2.32. The van der Waals surface area contributed by atoms with Gasteiger partial charge in [-0.2, -0.15) is 13.2 Å². The fraction of sp³-hybridized carbons (Fsp3) is 0.389. The summed E-state index contributed by atoms with van der Waals surface area (Å²) in [4.78, 5) is 28.0. The molecular formula is C18H17F3N2O3S. The molecule has 0 spiro atoms. The molecule has 1 aliphatic rings. The Morgan fingerprint density at radius 3 is 2.37 bits per heavy atom. The number of carbonyl (C=O) groups is 2. The highest BCUT2D eigenvalue weighted by atomic mass is 32.1. The van der Waals surface area contributed by atoms with Crippen molar-refractivity contribution >= 4 is 23.2 Å². The van der Waals surface area contributed by atoms with Gasteiger partial charge in [0.25, 0.3) is 0 Å². The summed E-state index contributed by atoms with van der Waals surface area (Å²) in [5.74, 6) is -1.46. The van der Waals surface area contributed by atoms with Gasteiger partial charge in [0.1, 0.15) is 10.5 Å². The first-order chi connectivity index (χ1) is 12.7. The number of nitrogens with zero attached hydrogens (tertiary/aromatic N) is 1. The first-order valence-corrected chi connectivity index (χ1v) is 9.24. The van der Waals surface area contributed by atoms with Gasteiger partial charge in [-0.15, -0.1) is 11.3 Å². The zero-order valence-electron chi connectivity index (χ0n) is 14.2. The molecule has 3 rings (SSSR count). The van der Waals surface area contributed by atoms with E-state index in [1.165, 1.54) is 23.5 Å². The molecule has 1 aliphatic carbocycles. The highest BCUT2D eigenvalue weighted by Gasteiger charge is 2.42. The number of carboxylic acids is 1. The standard InChI is InChI=1S/C18H17F3N2O3S/c19-18(20,21)12-5-3-11(4-6-12)15-22-13(10-27-15)9-14(24)23-17(16(25)26)7-1-2-8-17/h3-6,10H,1-2,7-9H2,(H,23,24)(H,25,26). The van der Waals surface area contributed by atoms with Crippen LogP contribution in [0.25, 0.3) is 10.6 Å². The maximum atomic E-state index is 12.6. The second-order valence-corrected chi connectivity index (χ2v) is 7.40. The van der Waals surface area contributed by atoms with Crippen LogP contribution in [0.2, 0.25) is 0 Å². The number of carbonyl (C=O) groups excluding carboxylic acids is 1. The monoisotopic (exact) mass is 398 g/mol. The molecule has 2 N–H and O–H groups in total. The van der Waals surface area contributed by atoms with Crippen LogP contribution in [0.15, 0.2) is 29.6 Å². The van der Waals surface area contributed by atoms with Crippen LogP contribution in [0.1, 0.15) is 36.9 Å². The maximum absolute atomic E-state index is 12.6. The van der Waals surface area contributed by atoms with E-state index in [1.54, 1.807) is 5.38 Å². The fourth-order valence-corrected chi connectivity index (χ4v) is 3.99. The summed E-state index contributed by atoms with van der Waals surface area (Å²) in [5, 5.41) is 14.2. The van der Waals surface area contributed by atoms with Gasteiger partial charge in [0, 0.05) is 10.9 Å². The van der Waals surface area contributed by atoms with E-state index >= 15 is 0 Å². The molecule has 0 radical (unpaired) electrons. The van der Waals surface area contributed by atoms with E-state index in [-0.39, 0.29) is 6.42 Å². The Morgan fingerprint density at radius 2 is 1.81 bits per heavy atom. The van der Waals surface area contributed by atoms with E-state index in [0.29, 0.717) is 29.1 Å². The van der Waals surface area contributed by atoms with Crippen molar-refractivity contribution in [3.63, 3.8) is 0 Å². The highest BCUT2D eigenvalue weighted by molar-refractivity contribution is 7.13. The Hall–Kier alpha value is -2.42. The van der Waals surface area contributed by atoms with E-state index < -0.39 is 29.2 Å². The predicted octanol–water partition coefficient (Wildman–Crippen LogP) is 3.89. The molecule has 0 bridgehead atoms. The summed E-state index contributed by atoms with van der Waals surface area (Å²) < 4.78 is 37.9. The minimum absolute atomic E-state index is 0.0772. The average molecular weight is 398 g/mol. The molecule has 1 saturated carbocycles. The minimum atomic E-state index is -4.40. The van der Waals surface area contributed by atoms with Crippen molar-refractivity contribution < 1.29 is 27.9 Å². The molecule has 0 atom stereocenters. The normalized spacial score (nSPS) is 16.3. The molecule has 0 saturated heterocycles. The molecule has 27 heavy (non-hydrogen) atoms. The van der Waals surface area contributed by atoms with Gasteiger partial charge < -0.3 is 10.4 Å². The number of thiazole rings is 1. The number of hydrogen-bond donors (Lipinski definition) is 2. The van der Waals surface area contributed by atoms with E-state index in [0.717, 1.165) is 25.0 Å². The van der Waals surface area contributed by atoms with Crippen LogP contribution in [0.5, 0.6) is 0 Å². The Labute approximate surface area is 157 Å². The third-order valence-electron chi connectivity index (χ3n) is 4.60. The fourth-order valence-electron chi connectivity index (χ4n) is 3.17. The van der Waals surface area contributed by atoms with Crippen LogP contribution in [0, 0.1) is 0 Å². The molecule has 2 aromatic rings. The van der Waals surface area contributed by atoms with E-state index in [4.69, 9.17) is 0 Å². The van der Waals surface area contributed by atoms with Gasteiger partial charge in [-0.3, -0.25) is 4.79 Å². The summed E-state index contributed by atoms with van der Waals surface area (Å²) in [7, 11) is 0. The number of hydrogen-bond acceptors (Lipinski definition) is 4. The van der Waals surface area contributed by atoms with Gasteiger partial charge in [-0.25, -0.2) is 9.78 Å². The van der Waals surface area contributed by atoms with E-state index in [9.17, 15) is 27.9 Å². The van der Waals surface area contributed by atoms with Crippen molar-refractivity contribution in [2.45, 2.75) is 43.8 Å². The van der Waals surface area contributed by atoms with Crippen LogP contribution < -0.4 is 5.32 Å². The molecule has 9 heteroatoms. The second kappa shape index (κ2) is 7.30. The van der Waals surface area contributed by atoms with E-state index in [2.05, 4.69) is 10.3 Å². The van der Waals surface area contributed by atoms with Crippen molar-refractivity contribution in [2.75, 3.05) is 0 Å². The Balaban J connectivity index is 1.67. The summed E-state index contributed by atoms with van der Waals surface area (Å²) in [6.45, 7) is 0. The van der Waals surface area contributed by atoms with Crippen LogP contribution in [0.4, 0.5) is 13.2 Å². The van der Waals surface area contributed by atoms with E-state index in [1.807, 2.05) is 0 Å². The van der Waals surface area contributed by atoms with Crippen molar-refractivity contribution in [3.05, 3.63) is 40.9 Å². The van der Waals surface area contributed by atoms with Crippen molar-refractivity contribution in [1.82, 2.24) is 10.3 Å². The zero-order chi connectivity index (χ0) is 19.7. The first kappa shape index (κ1) is 19.3. The predicted molar refractivity (Wildman–Crippen MR) is 93.2 cm³/mol. The molecule has 5 nitrogen and oxygen atoms in total. The zero-order valence-corrected chi connectivity index (χ0v) is 15.0. The molecule has 1 aromatic heterocycles. The first-order valence-electron chi connectivity index (χ1n) is 8.36. The lowest BCUT2D eigenvalue weighted by Gasteiger charge is -2.25. The van der Waals surface area contributed by atoms with Gasteiger partial charge in [-0.1, -0.05) is 25.0 Å². The number of rotatable bonds is 5. The lowest BCUT2D eigenvalue weighted by molar-refractivity contribution is -0.147. The number of carboxylic acid groups (broad SMARTS) is 1. The quantitative estimate of drug-likeness (QED) is 0.801. The number of nitrogens with one attached hydrogen (secondary N) is 1. The van der Waals surface area contributed by atoms with Crippen LogP contribution in [-0.4, -0.2) is 27.5 Å². The summed E-state index contributed by atoms with van der Waals surface area (Å²) in [6.07, 6.45) is -2.16. The van der Waals surface area contributed by atoms with Gasteiger partial charge in [0.15, 0.2) is 0 Å². The number of aromatic nitrogens is 1. The van der Waals surface area contributed by atoms with Crippen LogP contribution >= 0.6 is 11.3 Å². The van der Waals surface area contributed by atoms with Crippen molar-refractivity contribution in [2.24, 2.45) is 0 Å². The summed E-state index contributed by atoms with van der Waals surface area (Å²) in [5.41, 5.74) is -0.968. The minimum Gasteiger partial charge on any atom is -0.480 e. The smallest absolute Gasteiger partial charge is 0.416 e. The maximum Gasteiger partial charge on any atom is 0.416 e. The van der Waals surface area contributed by atoms with Gasteiger partial charge >= 0.3 is 12.1 Å². The van der Waals surface area contributed by atoms with Gasteiger partial charge in [0.2, 0.25) is 5.91 Å². The van der Waals surface area contributed by atoms with Crippen molar-refractivity contribution in [3.8, 4) is 10.6 Å². The molecular weight excluding hydrogens is 381 g/mol. The number of alkyl halides is 3. The number of halogens is 3. The number of amides is 1. The van der Waals surface area contributed by atoms with Crippen molar-refractivity contribution in [1.29, 1.82) is 0 Å². The van der Waals surface area contributed by atoms with Gasteiger partial charge in [0.05, 0.1) is 17.7 Å². The SMILES string of the molecule is O=C(Cc1csc(-c2ccc(C(F)(F)F)cc2)n1)NC1(C(=O)O)CCCC1. The van der Waals surface area contributed by atoms with Gasteiger partial charge in [-0.05, 0) is 25.0 Å². The molecule has 0 unspecified atom stereocenters. The van der Waals surface area contributed by atoms with Crippen LogP contribution in [0.3, 0.4) is 0 Å². The molecule has 1 aromatic carbocycles. The molecule has 0 aliphatic heterocycles. The third kappa shape index (κ3) is 4.29. The molecule has 144 valence electrons.